The SMILES string of the molecule is CC1C(CO)Oc2ccc(Cl)cc2N1C. The average molecular weight is 228 g/mol. The minimum absolute atomic E-state index is 0.0214. The molecular formula is C11H14ClNO2. The summed E-state index contributed by atoms with van der Waals surface area (Å²) in [6.07, 6.45) is -0.177. The van der Waals surface area contributed by atoms with E-state index < -0.39 is 0 Å². The summed E-state index contributed by atoms with van der Waals surface area (Å²) in [6.45, 7) is 2.04. The Kier molecular flexibility index (Phi) is 2.76. The van der Waals surface area contributed by atoms with Gasteiger partial charge >= 0.3 is 0 Å². The Balaban J connectivity index is 2.40. The van der Waals surface area contributed by atoms with Gasteiger partial charge in [0.2, 0.25) is 0 Å². The molecule has 2 rings (SSSR count). The number of ether oxygens (including phenoxy) is 1. The maximum atomic E-state index is 9.18. The van der Waals surface area contributed by atoms with Crippen molar-refractivity contribution in [3.8, 4) is 5.75 Å². The number of nitrogens with zero attached hydrogens (tertiary/aromatic N) is 1. The van der Waals surface area contributed by atoms with Crippen LogP contribution in [0.25, 0.3) is 0 Å². The topological polar surface area (TPSA) is 32.7 Å². The molecule has 1 N–H and O–H groups in total. The van der Waals surface area contributed by atoms with Gasteiger partial charge in [-0.05, 0) is 25.1 Å². The molecule has 2 unspecified atom stereocenters. The third-order valence-electron chi connectivity index (χ3n) is 2.91. The van der Waals surface area contributed by atoms with Gasteiger partial charge in [-0.15, -0.1) is 0 Å². The van der Waals surface area contributed by atoms with Crippen LogP contribution >= 0.6 is 11.6 Å². The molecule has 0 saturated carbocycles. The highest BCUT2D eigenvalue weighted by Gasteiger charge is 2.30. The summed E-state index contributed by atoms with van der Waals surface area (Å²) in [4.78, 5) is 2.08. The summed E-state index contributed by atoms with van der Waals surface area (Å²) in [7, 11) is 1.98. The number of hydrogen-bond acceptors (Lipinski definition) is 3. The van der Waals surface area contributed by atoms with Crippen LogP contribution in [0.15, 0.2) is 18.2 Å². The molecule has 3 nitrogen and oxygen atoms in total. The Hall–Kier alpha value is -0.930. The zero-order valence-corrected chi connectivity index (χ0v) is 9.53. The fourth-order valence-electron chi connectivity index (χ4n) is 1.79. The minimum Gasteiger partial charge on any atom is -0.484 e. The predicted octanol–water partition coefficient (Wildman–Crippen LogP) is 1.92. The van der Waals surface area contributed by atoms with Crippen LogP contribution in [-0.2, 0) is 0 Å². The molecule has 1 heterocycles. The Labute approximate surface area is 94.2 Å². The molecule has 0 spiro atoms. The van der Waals surface area contributed by atoms with Gasteiger partial charge in [-0.25, -0.2) is 0 Å². The molecule has 82 valence electrons. The Morgan fingerprint density at radius 1 is 1.53 bits per heavy atom. The van der Waals surface area contributed by atoms with Gasteiger partial charge in [0.25, 0.3) is 0 Å². The molecule has 2 atom stereocenters. The largest absolute Gasteiger partial charge is 0.484 e. The number of halogens is 1. The van der Waals surface area contributed by atoms with Crippen LogP contribution in [0.1, 0.15) is 6.92 Å². The molecule has 4 heteroatoms. The lowest BCUT2D eigenvalue weighted by molar-refractivity contribution is 0.0889. The van der Waals surface area contributed by atoms with Crippen LogP contribution in [0, 0.1) is 0 Å². The van der Waals surface area contributed by atoms with Gasteiger partial charge in [0, 0.05) is 12.1 Å². The molecule has 1 aromatic rings. The molecule has 0 amide bonds. The highest BCUT2D eigenvalue weighted by atomic mass is 35.5. The number of benzene rings is 1. The van der Waals surface area contributed by atoms with Gasteiger partial charge in [0.1, 0.15) is 11.9 Å². The van der Waals surface area contributed by atoms with Gasteiger partial charge in [0.05, 0.1) is 18.3 Å². The zero-order chi connectivity index (χ0) is 11.0. The number of fused-ring (bicyclic) bond motifs is 1. The van der Waals surface area contributed by atoms with Gasteiger partial charge in [-0.1, -0.05) is 11.6 Å². The van der Waals surface area contributed by atoms with Crippen molar-refractivity contribution in [2.45, 2.75) is 19.1 Å². The molecule has 0 aromatic heterocycles. The van der Waals surface area contributed by atoms with Gasteiger partial charge in [0.15, 0.2) is 0 Å². The first-order valence-electron chi connectivity index (χ1n) is 4.93. The molecular weight excluding hydrogens is 214 g/mol. The minimum atomic E-state index is -0.177. The van der Waals surface area contributed by atoms with Crippen molar-refractivity contribution in [3.05, 3.63) is 23.2 Å². The first-order chi connectivity index (χ1) is 7.13. The molecule has 0 fully saturated rings. The van der Waals surface area contributed by atoms with Crippen molar-refractivity contribution in [2.24, 2.45) is 0 Å². The molecule has 15 heavy (non-hydrogen) atoms. The summed E-state index contributed by atoms with van der Waals surface area (Å²) in [6, 6.07) is 5.64. The van der Waals surface area contributed by atoms with Crippen LogP contribution in [0.3, 0.4) is 0 Å². The van der Waals surface area contributed by atoms with E-state index in [1.807, 2.05) is 26.1 Å². The van der Waals surface area contributed by atoms with Crippen LogP contribution in [0.2, 0.25) is 5.02 Å². The fourth-order valence-corrected chi connectivity index (χ4v) is 1.95. The van der Waals surface area contributed by atoms with E-state index in [1.165, 1.54) is 0 Å². The lowest BCUT2D eigenvalue weighted by Crippen LogP contribution is -2.47. The molecule has 1 aliphatic heterocycles. The maximum absolute atomic E-state index is 9.18. The second kappa shape index (κ2) is 3.91. The summed E-state index contributed by atoms with van der Waals surface area (Å²) >= 11 is 5.93. The highest BCUT2D eigenvalue weighted by Crippen LogP contribution is 2.36. The van der Waals surface area contributed by atoms with Crippen LogP contribution in [-0.4, -0.2) is 30.9 Å². The zero-order valence-electron chi connectivity index (χ0n) is 8.77. The monoisotopic (exact) mass is 227 g/mol. The second-order valence-electron chi connectivity index (χ2n) is 3.80. The van der Waals surface area contributed by atoms with Crippen molar-refractivity contribution >= 4 is 17.3 Å². The summed E-state index contributed by atoms with van der Waals surface area (Å²) in [5.74, 6) is 0.777. The van der Waals surface area contributed by atoms with E-state index in [0.29, 0.717) is 5.02 Å². The molecule has 0 aliphatic carbocycles. The van der Waals surface area contributed by atoms with E-state index in [4.69, 9.17) is 16.3 Å². The lowest BCUT2D eigenvalue weighted by atomic mass is 10.1. The molecule has 0 saturated heterocycles. The fraction of sp³-hybridized carbons (Fsp3) is 0.455. The van der Waals surface area contributed by atoms with E-state index in [9.17, 15) is 5.11 Å². The Morgan fingerprint density at radius 3 is 2.93 bits per heavy atom. The van der Waals surface area contributed by atoms with E-state index in [1.54, 1.807) is 6.07 Å². The first kappa shape index (κ1) is 10.6. The molecule has 1 aliphatic rings. The second-order valence-corrected chi connectivity index (χ2v) is 4.24. The molecule has 1 aromatic carbocycles. The number of likely N-dealkylation sites (N-methyl/N-ethyl adjacent to an activating group) is 1. The number of aliphatic hydroxyl groups excluding tert-OH is 1. The van der Waals surface area contributed by atoms with E-state index >= 15 is 0 Å². The molecule has 0 radical (unpaired) electrons. The van der Waals surface area contributed by atoms with Gasteiger partial charge in [-0.3, -0.25) is 0 Å². The van der Waals surface area contributed by atoms with Crippen LogP contribution < -0.4 is 9.64 Å². The summed E-state index contributed by atoms with van der Waals surface area (Å²) < 4.78 is 5.67. The quantitative estimate of drug-likeness (QED) is 0.796. The summed E-state index contributed by atoms with van der Waals surface area (Å²) in [5, 5.41) is 9.88. The van der Waals surface area contributed by atoms with Crippen molar-refractivity contribution in [2.75, 3.05) is 18.6 Å². The predicted molar refractivity (Wildman–Crippen MR) is 60.8 cm³/mol. The van der Waals surface area contributed by atoms with E-state index in [-0.39, 0.29) is 18.8 Å². The number of aliphatic hydroxyl groups is 1. The van der Waals surface area contributed by atoms with Crippen molar-refractivity contribution in [1.29, 1.82) is 0 Å². The van der Waals surface area contributed by atoms with Crippen LogP contribution in [0.4, 0.5) is 5.69 Å². The first-order valence-corrected chi connectivity index (χ1v) is 5.31. The number of hydrogen-bond donors (Lipinski definition) is 1. The standard InChI is InChI=1S/C11H14ClNO2/c1-7-11(6-14)15-10-4-3-8(12)5-9(10)13(7)2/h3-5,7,11,14H,6H2,1-2H3. The lowest BCUT2D eigenvalue weighted by Gasteiger charge is -2.39. The third kappa shape index (κ3) is 1.77. The van der Waals surface area contributed by atoms with Crippen LogP contribution in [0.5, 0.6) is 5.75 Å². The summed E-state index contributed by atoms with van der Waals surface area (Å²) in [5.41, 5.74) is 0.972. The average Bonchev–Trinajstić information content (AvgIpc) is 2.24. The number of rotatable bonds is 1. The Morgan fingerprint density at radius 2 is 2.27 bits per heavy atom. The normalized spacial score (nSPS) is 24.7. The third-order valence-corrected chi connectivity index (χ3v) is 3.14. The van der Waals surface area contributed by atoms with Gasteiger partial charge < -0.3 is 14.7 Å². The molecule has 0 bridgehead atoms. The van der Waals surface area contributed by atoms with E-state index in [2.05, 4.69) is 4.90 Å². The van der Waals surface area contributed by atoms with Gasteiger partial charge in [-0.2, -0.15) is 0 Å². The Bertz CT molecular complexity index is 370. The number of anilines is 1. The van der Waals surface area contributed by atoms with Crippen molar-refractivity contribution < 1.29 is 9.84 Å². The smallest absolute Gasteiger partial charge is 0.143 e. The van der Waals surface area contributed by atoms with E-state index in [0.717, 1.165) is 11.4 Å². The maximum Gasteiger partial charge on any atom is 0.143 e. The van der Waals surface area contributed by atoms with Crippen molar-refractivity contribution in [3.63, 3.8) is 0 Å². The highest BCUT2D eigenvalue weighted by molar-refractivity contribution is 6.30. The van der Waals surface area contributed by atoms with Crippen molar-refractivity contribution in [1.82, 2.24) is 0 Å².